The molecule has 2 aromatic carbocycles. The molecule has 2 atom stereocenters. The van der Waals surface area contributed by atoms with Crippen molar-refractivity contribution < 1.29 is 32.2 Å². The minimum absolute atomic E-state index is 0.00433. The highest BCUT2D eigenvalue weighted by atomic mass is 35.5. The van der Waals surface area contributed by atoms with Crippen LogP contribution in [0.3, 0.4) is 0 Å². The second kappa shape index (κ2) is 13.0. The van der Waals surface area contributed by atoms with Crippen molar-refractivity contribution in [2.24, 2.45) is 5.92 Å². The molecule has 42 heavy (non-hydrogen) atoms. The summed E-state index contributed by atoms with van der Waals surface area (Å²) in [4.78, 5) is 18.4. The Morgan fingerprint density at radius 2 is 1.90 bits per heavy atom. The van der Waals surface area contributed by atoms with Gasteiger partial charge in [0.15, 0.2) is 5.13 Å². The molecule has 1 aliphatic rings. The summed E-state index contributed by atoms with van der Waals surface area (Å²) in [7, 11) is -1.02. The number of aromatic nitrogens is 1. The van der Waals surface area contributed by atoms with E-state index in [4.69, 9.17) is 30.5 Å². The van der Waals surface area contributed by atoms with Crippen molar-refractivity contribution in [3.8, 4) is 17.2 Å². The number of piperidine rings is 1. The van der Waals surface area contributed by atoms with Crippen LogP contribution in [-0.4, -0.2) is 63.4 Å². The predicted octanol–water partition coefficient (Wildman–Crippen LogP) is 6.23. The number of carbonyl (C=O) groups excluding carboxylic acids is 1. The first-order valence-corrected chi connectivity index (χ1v) is 16.1. The third-order valence-corrected chi connectivity index (χ3v) is 9.63. The van der Waals surface area contributed by atoms with E-state index in [2.05, 4.69) is 4.98 Å². The van der Waals surface area contributed by atoms with Crippen LogP contribution >= 0.6 is 22.9 Å². The Hall–Kier alpha value is -3.22. The SMILES string of the molecule is COc1ccc(CN(c2nccs2)S(=O)(=O)c2ccc(O[C@@H]3CCN(C(=O)OC(C)(C)C)CC3C)c(Cl)c2)c(OC)c1. The van der Waals surface area contributed by atoms with Crippen LogP contribution in [0, 0.1) is 5.92 Å². The number of hydrogen-bond donors (Lipinski definition) is 0. The maximum atomic E-state index is 13.9. The topological polar surface area (TPSA) is 108 Å². The Morgan fingerprint density at radius 1 is 1.14 bits per heavy atom. The summed E-state index contributed by atoms with van der Waals surface area (Å²) in [6.07, 6.45) is 1.57. The molecule has 0 aliphatic carbocycles. The number of nitrogens with zero attached hydrogens (tertiary/aromatic N) is 3. The monoisotopic (exact) mass is 637 g/mol. The lowest BCUT2D eigenvalue weighted by Crippen LogP contribution is -2.48. The third kappa shape index (κ3) is 7.40. The second-order valence-corrected chi connectivity index (χ2v) is 14.1. The maximum Gasteiger partial charge on any atom is 0.410 e. The van der Waals surface area contributed by atoms with E-state index in [-0.39, 0.29) is 34.6 Å². The van der Waals surface area contributed by atoms with Gasteiger partial charge in [0.1, 0.15) is 29.0 Å². The molecule has 228 valence electrons. The van der Waals surface area contributed by atoms with Gasteiger partial charge in [-0.1, -0.05) is 18.5 Å². The lowest BCUT2D eigenvalue weighted by molar-refractivity contribution is 0.000365. The zero-order valence-electron chi connectivity index (χ0n) is 24.5. The van der Waals surface area contributed by atoms with Crippen LogP contribution in [0.2, 0.25) is 5.02 Å². The Kier molecular flexibility index (Phi) is 9.79. The number of halogens is 1. The molecule has 0 N–H and O–H groups in total. The van der Waals surface area contributed by atoms with Crippen molar-refractivity contribution in [2.45, 2.75) is 57.3 Å². The number of amides is 1. The summed E-state index contributed by atoms with van der Waals surface area (Å²) in [5.74, 6) is 1.45. The van der Waals surface area contributed by atoms with Crippen molar-refractivity contribution in [1.29, 1.82) is 0 Å². The van der Waals surface area contributed by atoms with Gasteiger partial charge in [-0.05, 0) is 51.1 Å². The first kappa shape index (κ1) is 31.7. The van der Waals surface area contributed by atoms with E-state index in [9.17, 15) is 13.2 Å². The van der Waals surface area contributed by atoms with Crippen molar-refractivity contribution in [3.05, 3.63) is 58.6 Å². The van der Waals surface area contributed by atoms with Gasteiger partial charge in [-0.2, -0.15) is 0 Å². The average molecular weight is 638 g/mol. The molecule has 0 saturated carbocycles. The standard InChI is InChI=1S/C29H36ClN3O7S2/c1-19-17-32(28(34)40-29(2,3)4)13-11-24(19)39-25-10-9-22(16-23(25)30)42(35,36)33(27-31-12-14-41-27)18-20-7-8-21(37-5)15-26(20)38-6/h7-10,12,14-16,19,24H,11,13,17-18H2,1-6H3/t19?,24-/m1/s1. The summed E-state index contributed by atoms with van der Waals surface area (Å²) < 4.78 is 51.6. The molecule has 0 radical (unpaired) electrons. The third-order valence-electron chi connectivity index (χ3n) is 6.69. The minimum atomic E-state index is -4.08. The molecule has 1 amide bonds. The largest absolute Gasteiger partial charge is 0.497 e. The number of thiazole rings is 1. The van der Waals surface area contributed by atoms with E-state index in [0.717, 1.165) is 0 Å². The van der Waals surface area contributed by atoms with E-state index in [1.165, 1.54) is 34.9 Å². The van der Waals surface area contributed by atoms with Crippen LogP contribution in [0.5, 0.6) is 17.2 Å². The average Bonchev–Trinajstić information content (AvgIpc) is 3.47. The number of rotatable bonds is 9. The molecule has 13 heteroatoms. The van der Waals surface area contributed by atoms with E-state index < -0.39 is 15.6 Å². The quantitative estimate of drug-likeness (QED) is 0.272. The molecular formula is C29H36ClN3O7S2. The van der Waals surface area contributed by atoms with Gasteiger partial charge < -0.3 is 23.8 Å². The van der Waals surface area contributed by atoms with Gasteiger partial charge in [0.05, 0.1) is 30.7 Å². The highest BCUT2D eigenvalue weighted by molar-refractivity contribution is 7.93. The van der Waals surface area contributed by atoms with E-state index in [1.54, 1.807) is 47.9 Å². The smallest absolute Gasteiger partial charge is 0.410 e. The molecule has 1 unspecified atom stereocenters. The van der Waals surface area contributed by atoms with Crippen molar-refractivity contribution in [2.75, 3.05) is 31.6 Å². The van der Waals surface area contributed by atoms with Gasteiger partial charge in [0.25, 0.3) is 10.0 Å². The Bertz CT molecular complexity index is 1490. The zero-order valence-corrected chi connectivity index (χ0v) is 26.9. The molecule has 1 aliphatic heterocycles. The fourth-order valence-corrected chi connectivity index (χ4v) is 7.13. The van der Waals surface area contributed by atoms with Crippen LogP contribution in [0.25, 0.3) is 0 Å². The lowest BCUT2D eigenvalue weighted by atomic mass is 9.96. The van der Waals surface area contributed by atoms with Crippen molar-refractivity contribution in [3.63, 3.8) is 0 Å². The fourth-order valence-electron chi connectivity index (χ4n) is 4.55. The molecule has 0 spiro atoms. The Balaban J connectivity index is 1.53. The number of anilines is 1. The van der Waals surface area contributed by atoms with Gasteiger partial charge >= 0.3 is 6.09 Å². The number of sulfonamides is 1. The first-order chi connectivity index (χ1) is 19.8. The number of hydrogen-bond acceptors (Lipinski definition) is 9. The van der Waals surface area contributed by atoms with Crippen LogP contribution < -0.4 is 18.5 Å². The molecule has 0 bridgehead atoms. The molecule has 10 nitrogen and oxygen atoms in total. The fraction of sp³-hybridized carbons (Fsp3) is 0.448. The van der Waals surface area contributed by atoms with Crippen molar-refractivity contribution in [1.82, 2.24) is 9.88 Å². The number of ether oxygens (including phenoxy) is 4. The predicted molar refractivity (Wildman–Crippen MR) is 162 cm³/mol. The van der Waals surface area contributed by atoms with Gasteiger partial charge in [-0.25, -0.2) is 22.5 Å². The summed E-state index contributed by atoms with van der Waals surface area (Å²) in [5.41, 5.74) is 0.0638. The molecule has 1 aromatic heterocycles. The number of benzene rings is 2. The summed E-state index contributed by atoms with van der Waals surface area (Å²) in [5, 5.41) is 2.18. The maximum absolute atomic E-state index is 13.9. The summed E-state index contributed by atoms with van der Waals surface area (Å²) >= 11 is 7.79. The van der Waals surface area contributed by atoms with E-state index >= 15 is 0 Å². The van der Waals surface area contributed by atoms with E-state index in [1.807, 2.05) is 27.7 Å². The Labute approximate surface area is 256 Å². The molecular weight excluding hydrogens is 602 g/mol. The van der Waals surface area contributed by atoms with Gasteiger partial charge in [0.2, 0.25) is 0 Å². The van der Waals surface area contributed by atoms with Gasteiger partial charge in [-0.3, -0.25) is 0 Å². The minimum Gasteiger partial charge on any atom is -0.497 e. The van der Waals surface area contributed by atoms with Gasteiger partial charge in [0, 0.05) is 48.6 Å². The van der Waals surface area contributed by atoms with Crippen LogP contribution in [-0.2, 0) is 21.3 Å². The first-order valence-electron chi connectivity index (χ1n) is 13.4. The van der Waals surface area contributed by atoms with Crippen LogP contribution in [0.1, 0.15) is 39.7 Å². The summed E-state index contributed by atoms with van der Waals surface area (Å²) in [6.45, 7) is 8.43. The Morgan fingerprint density at radius 3 is 2.50 bits per heavy atom. The highest BCUT2D eigenvalue weighted by Crippen LogP contribution is 2.35. The molecule has 4 rings (SSSR count). The zero-order chi connectivity index (χ0) is 30.7. The second-order valence-electron chi connectivity index (χ2n) is 10.9. The molecule has 3 aromatic rings. The van der Waals surface area contributed by atoms with Gasteiger partial charge in [-0.15, -0.1) is 11.3 Å². The number of likely N-dealkylation sites (tertiary alicyclic amines) is 1. The summed E-state index contributed by atoms with van der Waals surface area (Å²) in [6, 6.07) is 9.63. The molecule has 2 heterocycles. The van der Waals surface area contributed by atoms with Crippen LogP contribution in [0.15, 0.2) is 52.9 Å². The van der Waals surface area contributed by atoms with E-state index in [0.29, 0.717) is 47.5 Å². The van der Waals surface area contributed by atoms with Crippen molar-refractivity contribution >= 4 is 44.2 Å². The number of carbonyl (C=O) groups is 1. The molecule has 1 fully saturated rings. The number of methoxy groups -OCH3 is 2. The van der Waals surface area contributed by atoms with Crippen LogP contribution in [0.4, 0.5) is 9.93 Å². The lowest BCUT2D eigenvalue weighted by Gasteiger charge is -2.37. The molecule has 1 saturated heterocycles. The normalized spacial score (nSPS) is 17.5. The highest BCUT2D eigenvalue weighted by Gasteiger charge is 2.33.